The molecular weight excluding hydrogens is 334 g/mol. The van der Waals surface area contributed by atoms with Gasteiger partial charge in [0, 0.05) is 42.8 Å². The predicted molar refractivity (Wildman–Crippen MR) is 112 cm³/mol. The Bertz CT molecular complexity index is 896. The van der Waals surface area contributed by atoms with E-state index in [0.29, 0.717) is 0 Å². The highest BCUT2D eigenvalue weighted by atomic mass is 16.2. The Morgan fingerprint density at radius 2 is 2.19 bits per heavy atom. The molecule has 2 aliphatic rings. The minimum Gasteiger partial charge on any atom is -0.361 e. The lowest BCUT2D eigenvalue weighted by Crippen LogP contribution is -2.54. The molecule has 0 fully saturated rings. The Morgan fingerprint density at radius 1 is 1.37 bits per heavy atom. The average molecular weight is 366 g/mol. The molecule has 4 heteroatoms. The van der Waals surface area contributed by atoms with E-state index in [1.807, 2.05) is 11.9 Å². The number of likely N-dealkylation sites (N-methyl/N-ethyl adjacent to an activating group) is 1. The summed E-state index contributed by atoms with van der Waals surface area (Å²) in [6.45, 7) is 6.15. The number of rotatable bonds is 5. The lowest BCUT2D eigenvalue weighted by Gasteiger charge is -2.48. The van der Waals surface area contributed by atoms with Crippen LogP contribution in [0.15, 0.2) is 30.5 Å². The van der Waals surface area contributed by atoms with Crippen LogP contribution in [0.2, 0.25) is 0 Å². The van der Waals surface area contributed by atoms with E-state index < -0.39 is 0 Å². The number of carbonyl (C=O) groups is 1. The Hall–Kier alpha value is -2.07. The van der Waals surface area contributed by atoms with Crippen LogP contribution in [0.1, 0.15) is 44.2 Å². The number of nitrogens with zero attached hydrogens (tertiary/aromatic N) is 2. The largest absolute Gasteiger partial charge is 0.361 e. The Morgan fingerprint density at radius 3 is 2.96 bits per heavy atom. The number of H-pyrrole nitrogens is 1. The molecule has 0 unspecified atom stereocenters. The summed E-state index contributed by atoms with van der Waals surface area (Å²) in [5.74, 6) is 0.181. The van der Waals surface area contributed by atoms with Gasteiger partial charge in [-0.3, -0.25) is 9.69 Å². The third-order valence-electron chi connectivity index (χ3n) is 6.66. The zero-order valence-corrected chi connectivity index (χ0v) is 17.0. The van der Waals surface area contributed by atoms with Gasteiger partial charge in [0.05, 0.1) is 5.92 Å². The van der Waals surface area contributed by atoms with Crippen LogP contribution in [0.4, 0.5) is 0 Å². The lowest BCUT2D eigenvalue weighted by molar-refractivity contribution is -0.133. The predicted octanol–water partition coefficient (Wildman–Crippen LogP) is 4.08. The molecule has 0 spiro atoms. The molecule has 4 rings (SSSR count). The van der Waals surface area contributed by atoms with E-state index in [9.17, 15) is 4.79 Å². The van der Waals surface area contributed by atoms with Gasteiger partial charge in [0.25, 0.3) is 0 Å². The minimum atomic E-state index is -0.0690. The Balaban J connectivity index is 1.70. The number of aromatic nitrogens is 1. The molecule has 1 aliphatic carbocycles. The smallest absolute Gasteiger partial charge is 0.230 e. The molecule has 4 nitrogen and oxygen atoms in total. The maximum absolute atomic E-state index is 13.1. The van der Waals surface area contributed by atoms with Crippen molar-refractivity contribution in [2.45, 2.75) is 45.1 Å². The highest BCUT2D eigenvalue weighted by Gasteiger charge is 2.44. The fraction of sp³-hybridized carbons (Fsp3) is 0.522. The Kier molecular flexibility index (Phi) is 4.63. The van der Waals surface area contributed by atoms with Crippen LogP contribution in [0, 0.1) is 5.92 Å². The lowest BCUT2D eigenvalue weighted by atomic mass is 9.71. The number of benzene rings is 1. The number of aromatic amines is 1. The van der Waals surface area contributed by atoms with Gasteiger partial charge < -0.3 is 9.88 Å². The van der Waals surface area contributed by atoms with E-state index in [1.54, 1.807) is 0 Å². The van der Waals surface area contributed by atoms with E-state index in [-0.39, 0.29) is 17.4 Å². The molecule has 2 atom stereocenters. The van der Waals surface area contributed by atoms with Crippen LogP contribution in [0.3, 0.4) is 0 Å². The molecule has 0 bridgehead atoms. The monoisotopic (exact) mass is 365 g/mol. The second-order valence-corrected chi connectivity index (χ2v) is 8.53. The molecule has 1 aliphatic heterocycles. The van der Waals surface area contributed by atoms with Gasteiger partial charge in [0.15, 0.2) is 0 Å². The molecular formula is C23H31N3O. The molecule has 2 aromatic rings. The van der Waals surface area contributed by atoms with Gasteiger partial charge in [-0.1, -0.05) is 38.0 Å². The van der Waals surface area contributed by atoms with Crippen molar-refractivity contribution in [1.29, 1.82) is 0 Å². The summed E-state index contributed by atoms with van der Waals surface area (Å²) >= 11 is 0. The van der Waals surface area contributed by atoms with E-state index in [1.165, 1.54) is 40.4 Å². The van der Waals surface area contributed by atoms with Crippen LogP contribution in [0.25, 0.3) is 16.5 Å². The first-order valence-corrected chi connectivity index (χ1v) is 10.2. The first kappa shape index (κ1) is 18.3. The van der Waals surface area contributed by atoms with Crippen LogP contribution < -0.4 is 0 Å². The number of nitrogens with one attached hydrogen (secondary N) is 1. The molecule has 1 N–H and O–H groups in total. The van der Waals surface area contributed by atoms with Gasteiger partial charge >= 0.3 is 0 Å². The highest BCUT2D eigenvalue weighted by Crippen LogP contribution is 2.47. The number of hydrogen-bond donors (Lipinski definition) is 1. The zero-order chi connectivity index (χ0) is 19.2. The average Bonchev–Trinajstić information content (AvgIpc) is 3.06. The van der Waals surface area contributed by atoms with E-state index in [2.05, 4.69) is 61.3 Å². The maximum Gasteiger partial charge on any atom is 0.230 e. The summed E-state index contributed by atoms with van der Waals surface area (Å²) in [5.41, 5.74) is 5.12. The fourth-order valence-corrected chi connectivity index (χ4v) is 4.88. The summed E-state index contributed by atoms with van der Waals surface area (Å²) in [6, 6.07) is 6.48. The van der Waals surface area contributed by atoms with Crippen molar-refractivity contribution in [1.82, 2.24) is 14.8 Å². The third-order valence-corrected chi connectivity index (χ3v) is 6.66. The maximum atomic E-state index is 13.1. The van der Waals surface area contributed by atoms with Gasteiger partial charge in [0.1, 0.15) is 0 Å². The summed E-state index contributed by atoms with van der Waals surface area (Å²) in [5, 5.41) is 1.33. The van der Waals surface area contributed by atoms with E-state index in [4.69, 9.17) is 0 Å². The van der Waals surface area contributed by atoms with Crippen molar-refractivity contribution in [2.24, 2.45) is 5.92 Å². The van der Waals surface area contributed by atoms with Crippen LogP contribution in [-0.4, -0.2) is 53.4 Å². The van der Waals surface area contributed by atoms with Crippen molar-refractivity contribution < 1.29 is 4.79 Å². The zero-order valence-electron chi connectivity index (χ0n) is 17.0. The van der Waals surface area contributed by atoms with Gasteiger partial charge in [-0.15, -0.1) is 0 Å². The van der Waals surface area contributed by atoms with Crippen LogP contribution in [0.5, 0.6) is 0 Å². The highest BCUT2D eigenvalue weighted by molar-refractivity contribution is 6.00. The van der Waals surface area contributed by atoms with E-state index >= 15 is 0 Å². The summed E-state index contributed by atoms with van der Waals surface area (Å²) < 4.78 is 0. The summed E-state index contributed by atoms with van der Waals surface area (Å²) in [4.78, 5) is 20.8. The molecule has 1 amide bonds. The SMILES string of the molecule is CCCCCN(C)C(=O)[C@@H]1C=C2c3cccc4[nH]cc(c34)C[C@@]2(C)N(C)C1. The van der Waals surface area contributed by atoms with Crippen molar-refractivity contribution >= 4 is 22.4 Å². The standard InChI is InChI=1S/C23H31N3O/c1-5-6-7-11-25(3)22(27)16-12-19-18-9-8-10-20-21(18)17(14-24-20)13-23(19,2)26(4)15-16/h8-10,12,14,16,24H,5-7,11,13,15H2,1-4H3/t16-,23-/m1/s1. The van der Waals surface area contributed by atoms with Gasteiger partial charge in [-0.05, 0) is 49.6 Å². The molecule has 0 saturated carbocycles. The van der Waals surface area contributed by atoms with Crippen molar-refractivity contribution in [3.63, 3.8) is 0 Å². The molecule has 1 aromatic heterocycles. The van der Waals surface area contributed by atoms with Crippen molar-refractivity contribution in [2.75, 3.05) is 27.2 Å². The molecule has 0 saturated heterocycles. The van der Waals surface area contributed by atoms with Gasteiger partial charge in [-0.25, -0.2) is 0 Å². The van der Waals surface area contributed by atoms with Gasteiger partial charge in [0.2, 0.25) is 5.91 Å². The number of fused-ring (bicyclic) bond motifs is 2. The Labute approximate surface area is 162 Å². The van der Waals surface area contributed by atoms with Crippen molar-refractivity contribution in [3.8, 4) is 0 Å². The first-order chi connectivity index (χ1) is 13.0. The number of unbranched alkanes of at least 4 members (excludes halogenated alkanes) is 2. The third kappa shape index (κ3) is 2.91. The van der Waals surface area contributed by atoms with Crippen LogP contribution in [-0.2, 0) is 11.2 Å². The first-order valence-electron chi connectivity index (χ1n) is 10.2. The number of carbonyl (C=O) groups excluding carboxylic acids is 1. The normalized spacial score (nSPS) is 24.6. The van der Waals surface area contributed by atoms with Crippen LogP contribution >= 0.6 is 0 Å². The second kappa shape index (κ2) is 6.83. The topological polar surface area (TPSA) is 39.3 Å². The van der Waals surface area contributed by atoms with E-state index in [0.717, 1.165) is 25.9 Å². The fourth-order valence-electron chi connectivity index (χ4n) is 4.88. The number of hydrogen-bond acceptors (Lipinski definition) is 2. The molecule has 144 valence electrons. The second-order valence-electron chi connectivity index (χ2n) is 8.53. The number of amides is 1. The molecule has 0 radical (unpaired) electrons. The quantitative estimate of drug-likeness (QED) is 0.811. The summed E-state index contributed by atoms with van der Waals surface area (Å²) in [6.07, 6.45) is 8.85. The molecule has 1 aromatic carbocycles. The molecule has 27 heavy (non-hydrogen) atoms. The molecule has 2 heterocycles. The van der Waals surface area contributed by atoms with Crippen molar-refractivity contribution in [3.05, 3.63) is 41.6 Å². The van der Waals surface area contributed by atoms with Gasteiger partial charge in [-0.2, -0.15) is 0 Å². The minimum absolute atomic E-state index is 0.0545. The summed E-state index contributed by atoms with van der Waals surface area (Å²) in [7, 11) is 4.12.